The molecule has 1 N–H and O–H groups in total. The molecule has 0 aromatic heterocycles. The Balaban J connectivity index is 1.69. The van der Waals surface area contributed by atoms with Crippen LogP contribution in [0.5, 0.6) is 0 Å². The van der Waals surface area contributed by atoms with E-state index in [1.54, 1.807) is 15.9 Å². The van der Waals surface area contributed by atoms with Gasteiger partial charge in [-0.1, -0.05) is 0 Å². The molecule has 0 atom stereocenters. The number of piperidine rings is 1. The van der Waals surface area contributed by atoms with Gasteiger partial charge in [0.05, 0.1) is 5.56 Å². The Kier molecular flexibility index (Phi) is 5.68. The van der Waals surface area contributed by atoms with Gasteiger partial charge in [0, 0.05) is 31.7 Å². The van der Waals surface area contributed by atoms with Gasteiger partial charge in [0.1, 0.15) is 5.82 Å². The first-order chi connectivity index (χ1) is 12.1. The molecule has 0 saturated carbocycles. The average Bonchev–Trinajstić information content (AvgIpc) is 3.06. The zero-order valence-electron chi connectivity index (χ0n) is 14.8. The fourth-order valence-corrected chi connectivity index (χ4v) is 3.71. The lowest BCUT2D eigenvalue weighted by Crippen LogP contribution is -2.39. The molecule has 2 aliphatic rings. The van der Waals surface area contributed by atoms with Crippen molar-refractivity contribution in [2.75, 3.05) is 38.1 Å². The van der Waals surface area contributed by atoms with Crippen LogP contribution in [0.15, 0.2) is 18.2 Å². The first-order valence-electron chi connectivity index (χ1n) is 9.14. The second-order valence-corrected chi connectivity index (χ2v) is 6.94. The van der Waals surface area contributed by atoms with Crippen molar-refractivity contribution in [3.05, 3.63) is 29.6 Å². The van der Waals surface area contributed by atoms with Crippen molar-refractivity contribution in [3.63, 3.8) is 0 Å². The lowest BCUT2D eigenvalue weighted by atomic mass is 9.93. The molecule has 2 amide bonds. The van der Waals surface area contributed by atoms with E-state index in [0.717, 1.165) is 32.2 Å². The smallest absolute Gasteiger partial charge is 0.256 e. The maximum atomic E-state index is 14.2. The molecule has 25 heavy (non-hydrogen) atoms. The van der Waals surface area contributed by atoms with Crippen molar-refractivity contribution >= 4 is 17.5 Å². The number of benzene rings is 1. The fourth-order valence-electron chi connectivity index (χ4n) is 3.71. The molecule has 1 aromatic rings. The van der Waals surface area contributed by atoms with Crippen molar-refractivity contribution in [1.29, 1.82) is 0 Å². The maximum absolute atomic E-state index is 14.2. The van der Waals surface area contributed by atoms with Crippen LogP contribution in [-0.2, 0) is 4.79 Å². The highest BCUT2D eigenvalue weighted by atomic mass is 19.1. The zero-order chi connectivity index (χ0) is 17.8. The summed E-state index contributed by atoms with van der Waals surface area (Å²) in [5.74, 6) is -0.124. The maximum Gasteiger partial charge on any atom is 0.256 e. The number of amides is 2. The quantitative estimate of drug-likeness (QED) is 0.890. The van der Waals surface area contributed by atoms with E-state index in [-0.39, 0.29) is 17.4 Å². The van der Waals surface area contributed by atoms with E-state index in [2.05, 4.69) is 5.32 Å². The van der Waals surface area contributed by atoms with Crippen LogP contribution in [0.4, 0.5) is 10.1 Å². The summed E-state index contributed by atoms with van der Waals surface area (Å²) in [5, 5.41) is 3.16. The first kappa shape index (κ1) is 17.9. The molecule has 2 fully saturated rings. The van der Waals surface area contributed by atoms with Gasteiger partial charge in [-0.05, 0) is 63.4 Å². The molecule has 3 rings (SSSR count). The van der Waals surface area contributed by atoms with Crippen molar-refractivity contribution in [2.24, 2.45) is 5.92 Å². The number of halogens is 1. The number of nitrogens with one attached hydrogen (secondary N) is 1. The van der Waals surface area contributed by atoms with E-state index < -0.39 is 5.82 Å². The number of anilines is 1. The highest BCUT2D eigenvalue weighted by Gasteiger charge is 2.27. The summed E-state index contributed by atoms with van der Waals surface area (Å²) in [6, 6.07) is 4.42. The van der Waals surface area contributed by atoms with Crippen LogP contribution in [0.3, 0.4) is 0 Å². The Morgan fingerprint density at radius 3 is 2.68 bits per heavy atom. The summed E-state index contributed by atoms with van der Waals surface area (Å²) >= 11 is 0. The van der Waals surface area contributed by atoms with Gasteiger partial charge in [0.2, 0.25) is 5.91 Å². The summed E-state index contributed by atoms with van der Waals surface area (Å²) < 4.78 is 14.2. The van der Waals surface area contributed by atoms with E-state index >= 15 is 0 Å². The van der Waals surface area contributed by atoms with Gasteiger partial charge >= 0.3 is 0 Å². The number of carbonyl (C=O) groups is 2. The number of hydrogen-bond acceptors (Lipinski definition) is 3. The molecule has 0 spiro atoms. The minimum Gasteiger partial charge on any atom is -0.339 e. The van der Waals surface area contributed by atoms with Crippen molar-refractivity contribution in [3.8, 4) is 0 Å². The van der Waals surface area contributed by atoms with Crippen LogP contribution < -0.4 is 10.2 Å². The Bertz CT molecular complexity index is 642. The van der Waals surface area contributed by atoms with Gasteiger partial charge in [-0.2, -0.15) is 0 Å². The largest absolute Gasteiger partial charge is 0.339 e. The Morgan fingerprint density at radius 1 is 1.28 bits per heavy atom. The molecular formula is C19H26FN3O2. The molecule has 2 heterocycles. The molecule has 6 heteroatoms. The third-order valence-electron chi connectivity index (χ3n) is 5.27. The molecule has 0 unspecified atom stereocenters. The SMILES string of the molecule is CNCCC1CCN(C(=O)c2cc(N3CCCC3=O)ccc2F)CC1. The van der Waals surface area contributed by atoms with Crippen LogP contribution in [0.2, 0.25) is 0 Å². The number of nitrogens with zero attached hydrogens (tertiary/aromatic N) is 2. The van der Waals surface area contributed by atoms with Crippen LogP contribution in [-0.4, -0.2) is 49.9 Å². The number of rotatable bonds is 5. The summed E-state index contributed by atoms with van der Waals surface area (Å²) in [7, 11) is 1.94. The fraction of sp³-hybridized carbons (Fsp3) is 0.579. The lowest BCUT2D eigenvalue weighted by molar-refractivity contribution is -0.117. The predicted octanol–water partition coefficient (Wildman–Crippen LogP) is 2.41. The second-order valence-electron chi connectivity index (χ2n) is 6.94. The minimum absolute atomic E-state index is 0.0374. The Labute approximate surface area is 148 Å². The van der Waals surface area contributed by atoms with Crippen LogP contribution in [0.1, 0.15) is 42.5 Å². The van der Waals surface area contributed by atoms with Crippen LogP contribution in [0.25, 0.3) is 0 Å². The highest BCUT2D eigenvalue weighted by Crippen LogP contribution is 2.26. The van der Waals surface area contributed by atoms with Gasteiger partial charge in [0.15, 0.2) is 0 Å². The van der Waals surface area contributed by atoms with Crippen molar-refractivity contribution < 1.29 is 14.0 Å². The molecule has 2 saturated heterocycles. The van der Waals surface area contributed by atoms with E-state index in [9.17, 15) is 14.0 Å². The lowest BCUT2D eigenvalue weighted by Gasteiger charge is -2.32. The van der Waals surface area contributed by atoms with E-state index in [4.69, 9.17) is 0 Å². The molecule has 1 aromatic carbocycles. The molecule has 0 bridgehead atoms. The summed E-state index contributed by atoms with van der Waals surface area (Å²) in [4.78, 5) is 28.0. The van der Waals surface area contributed by atoms with E-state index in [1.165, 1.54) is 12.1 Å². The number of likely N-dealkylation sites (tertiary alicyclic amines) is 1. The van der Waals surface area contributed by atoms with Crippen molar-refractivity contribution in [1.82, 2.24) is 10.2 Å². The summed E-state index contributed by atoms with van der Waals surface area (Å²) in [5.41, 5.74) is 0.696. The van der Waals surface area contributed by atoms with Crippen molar-refractivity contribution in [2.45, 2.75) is 32.1 Å². The average molecular weight is 347 g/mol. The molecule has 0 aliphatic carbocycles. The predicted molar refractivity (Wildman–Crippen MR) is 95.2 cm³/mol. The van der Waals surface area contributed by atoms with E-state index in [0.29, 0.717) is 37.7 Å². The zero-order valence-corrected chi connectivity index (χ0v) is 14.8. The third kappa shape index (κ3) is 4.00. The first-order valence-corrected chi connectivity index (χ1v) is 9.14. The molecule has 5 nitrogen and oxygen atoms in total. The standard InChI is InChI=1S/C19H26FN3O2/c1-21-9-6-14-7-11-22(12-8-14)19(25)16-13-15(4-5-17(16)20)23-10-2-3-18(23)24/h4-5,13-14,21H,2-3,6-12H2,1H3. The minimum atomic E-state index is -0.516. The highest BCUT2D eigenvalue weighted by molar-refractivity contribution is 5.99. The summed E-state index contributed by atoms with van der Waals surface area (Å²) in [6.45, 7) is 2.95. The van der Waals surface area contributed by atoms with Gasteiger partial charge in [-0.25, -0.2) is 4.39 Å². The molecule has 2 aliphatic heterocycles. The number of carbonyl (C=O) groups excluding carboxylic acids is 2. The van der Waals surface area contributed by atoms with Gasteiger partial charge in [0.25, 0.3) is 5.91 Å². The molecule has 136 valence electrons. The van der Waals surface area contributed by atoms with Gasteiger partial charge < -0.3 is 15.1 Å². The normalized spacial score (nSPS) is 18.9. The molecular weight excluding hydrogens is 321 g/mol. The van der Waals surface area contributed by atoms with Gasteiger partial charge in [-0.3, -0.25) is 9.59 Å². The Hall–Kier alpha value is -1.95. The van der Waals surface area contributed by atoms with E-state index in [1.807, 2.05) is 7.05 Å². The monoisotopic (exact) mass is 347 g/mol. The second kappa shape index (κ2) is 7.95. The summed E-state index contributed by atoms with van der Waals surface area (Å²) in [6.07, 6.45) is 4.35. The molecule has 0 radical (unpaired) electrons. The topological polar surface area (TPSA) is 52.7 Å². The Morgan fingerprint density at radius 2 is 2.04 bits per heavy atom. The van der Waals surface area contributed by atoms with Crippen LogP contribution >= 0.6 is 0 Å². The number of hydrogen-bond donors (Lipinski definition) is 1. The van der Waals surface area contributed by atoms with Gasteiger partial charge in [-0.15, -0.1) is 0 Å². The third-order valence-corrected chi connectivity index (χ3v) is 5.27. The van der Waals surface area contributed by atoms with Crippen LogP contribution in [0, 0.1) is 11.7 Å².